The Labute approximate surface area is 157 Å². The van der Waals surface area contributed by atoms with Gasteiger partial charge in [0.25, 0.3) is 5.91 Å². The molecule has 0 aliphatic carbocycles. The Bertz CT molecular complexity index is 776. The monoisotopic (exact) mass is 373 g/mol. The van der Waals surface area contributed by atoms with E-state index in [1.54, 1.807) is 11.5 Å². The summed E-state index contributed by atoms with van der Waals surface area (Å²) in [6.07, 6.45) is 1.69. The zero-order valence-corrected chi connectivity index (χ0v) is 16.0. The molecule has 0 unspecified atom stereocenters. The number of aromatic nitrogens is 1. The molecule has 0 bridgehead atoms. The van der Waals surface area contributed by atoms with Crippen molar-refractivity contribution in [3.8, 4) is 0 Å². The molecule has 7 heteroatoms. The van der Waals surface area contributed by atoms with Crippen molar-refractivity contribution in [2.45, 2.75) is 26.2 Å². The number of benzene rings is 1. The lowest BCUT2D eigenvalue weighted by atomic mass is 9.87. The molecule has 0 saturated carbocycles. The topological polar surface area (TPSA) is 80.3 Å². The Kier molecular flexibility index (Phi) is 6.52. The molecule has 1 heterocycles. The first kappa shape index (κ1) is 19.7. The van der Waals surface area contributed by atoms with Crippen LogP contribution in [0.5, 0.6) is 0 Å². The van der Waals surface area contributed by atoms with Gasteiger partial charge in [0.1, 0.15) is 0 Å². The number of hydrogen-bond donors (Lipinski definition) is 2. The maximum Gasteiger partial charge on any atom is 0.358 e. The van der Waals surface area contributed by atoms with Crippen LogP contribution in [0.25, 0.3) is 0 Å². The fraction of sp³-hybridized carbons (Fsp3) is 0.316. The van der Waals surface area contributed by atoms with Crippen LogP contribution >= 0.6 is 11.3 Å². The van der Waals surface area contributed by atoms with Crippen LogP contribution in [0.2, 0.25) is 0 Å². The fourth-order valence-corrected chi connectivity index (χ4v) is 2.75. The van der Waals surface area contributed by atoms with Gasteiger partial charge in [0.05, 0.1) is 0 Å². The van der Waals surface area contributed by atoms with Crippen LogP contribution in [0.3, 0.4) is 0 Å². The number of esters is 1. The summed E-state index contributed by atoms with van der Waals surface area (Å²) in [5.41, 5.74) is 2.05. The lowest BCUT2D eigenvalue weighted by Crippen LogP contribution is -2.21. The number of carbonyl (C=O) groups is 2. The standard InChI is InChI=1S/C19H23N3O3S/c1-5-10-20-18-22-15(12-26-18)17(24)25-11-16(23)21-14-8-6-13(7-9-14)19(2,3)4/h5-9,12H,1,10-11H2,2-4H3,(H,20,22)(H,21,23). The summed E-state index contributed by atoms with van der Waals surface area (Å²) < 4.78 is 5.00. The second-order valence-corrected chi connectivity index (χ2v) is 7.52. The van der Waals surface area contributed by atoms with Gasteiger partial charge < -0.3 is 15.4 Å². The summed E-state index contributed by atoms with van der Waals surface area (Å²) in [6, 6.07) is 7.60. The minimum Gasteiger partial charge on any atom is -0.451 e. The van der Waals surface area contributed by atoms with Crippen LogP contribution in [-0.4, -0.2) is 30.0 Å². The predicted molar refractivity (Wildman–Crippen MR) is 105 cm³/mol. The fourth-order valence-electron chi connectivity index (χ4n) is 2.06. The quantitative estimate of drug-likeness (QED) is 0.569. The van der Waals surface area contributed by atoms with E-state index in [1.165, 1.54) is 16.9 Å². The molecule has 2 rings (SSSR count). The molecule has 0 atom stereocenters. The van der Waals surface area contributed by atoms with E-state index >= 15 is 0 Å². The van der Waals surface area contributed by atoms with Crippen molar-refractivity contribution >= 4 is 34.0 Å². The maximum absolute atomic E-state index is 11.9. The highest BCUT2D eigenvalue weighted by Crippen LogP contribution is 2.23. The molecule has 0 fully saturated rings. The van der Waals surface area contributed by atoms with Crippen molar-refractivity contribution in [1.82, 2.24) is 4.98 Å². The van der Waals surface area contributed by atoms with Gasteiger partial charge in [-0.1, -0.05) is 39.0 Å². The summed E-state index contributed by atoms with van der Waals surface area (Å²) in [5, 5.41) is 7.87. The molecule has 6 nitrogen and oxygen atoms in total. The van der Waals surface area contributed by atoms with Crippen LogP contribution in [0, 0.1) is 0 Å². The third-order valence-electron chi connectivity index (χ3n) is 3.48. The molecule has 2 N–H and O–H groups in total. The van der Waals surface area contributed by atoms with Gasteiger partial charge in [0, 0.05) is 17.6 Å². The average Bonchev–Trinajstić information content (AvgIpc) is 3.06. The number of nitrogens with one attached hydrogen (secondary N) is 2. The molecule has 26 heavy (non-hydrogen) atoms. The molecule has 0 spiro atoms. The van der Waals surface area contributed by atoms with E-state index in [-0.39, 0.29) is 17.7 Å². The molecule has 1 amide bonds. The van der Waals surface area contributed by atoms with Crippen LogP contribution < -0.4 is 10.6 Å². The first-order chi connectivity index (χ1) is 12.3. The predicted octanol–water partition coefficient (Wildman–Crippen LogP) is 3.83. The molecule has 0 radical (unpaired) electrons. The Morgan fingerprint density at radius 3 is 2.58 bits per heavy atom. The van der Waals surface area contributed by atoms with E-state index in [0.717, 1.165) is 0 Å². The van der Waals surface area contributed by atoms with Gasteiger partial charge in [-0.15, -0.1) is 17.9 Å². The van der Waals surface area contributed by atoms with Gasteiger partial charge in [0.2, 0.25) is 0 Å². The van der Waals surface area contributed by atoms with Crippen molar-refractivity contribution in [3.63, 3.8) is 0 Å². The summed E-state index contributed by atoms with van der Waals surface area (Å²) in [4.78, 5) is 28.0. The molecule has 0 saturated heterocycles. The van der Waals surface area contributed by atoms with Gasteiger partial charge in [-0.25, -0.2) is 9.78 Å². The van der Waals surface area contributed by atoms with E-state index in [4.69, 9.17) is 4.74 Å². The minimum absolute atomic E-state index is 0.0466. The minimum atomic E-state index is -0.633. The van der Waals surface area contributed by atoms with Crippen LogP contribution in [0.15, 0.2) is 42.3 Å². The Morgan fingerprint density at radius 2 is 1.96 bits per heavy atom. The molecule has 2 aromatic rings. The molecular weight excluding hydrogens is 350 g/mol. The summed E-state index contributed by atoms with van der Waals surface area (Å²) in [5.74, 6) is -1.03. The number of carbonyl (C=O) groups excluding carboxylic acids is 2. The van der Waals surface area contributed by atoms with E-state index in [9.17, 15) is 9.59 Å². The first-order valence-corrected chi connectivity index (χ1v) is 9.05. The highest BCUT2D eigenvalue weighted by atomic mass is 32.1. The number of rotatable bonds is 7. The maximum atomic E-state index is 11.9. The zero-order valence-electron chi connectivity index (χ0n) is 15.2. The van der Waals surface area contributed by atoms with Gasteiger partial charge in [-0.3, -0.25) is 4.79 Å². The normalized spacial score (nSPS) is 10.9. The molecule has 138 valence electrons. The van der Waals surface area contributed by atoms with E-state index in [1.807, 2.05) is 24.3 Å². The molecule has 1 aromatic heterocycles. The largest absolute Gasteiger partial charge is 0.451 e. The number of anilines is 2. The van der Waals surface area contributed by atoms with Crippen molar-refractivity contribution < 1.29 is 14.3 Å². The van der Waals surface area contributed by atoms with Gasteiger partial charge >= 0.3 is 5.97 Å². The van der Waals surface area contributed by atoms with Gasteiger partial charge in [-0.2, -0.15) is 0 Å². The second-order valence-electron chi connectivity index (χ2n) is 6.66. The third-order valence-corrected chi connectivity index (χ3v) is 4.28. The molecule has 1 aromatic carbocycles. The Balaban J connectivity index is 1.83. The van der Waals surface area contributed by atoms with E-state index in [0.29, 0.717) is 17.4 Å². The highest BCUT2D eigenvalue weighted by Gasteiger charge is 2.15. The number of thiazole rings is 1. The SMILES string of the molecule is C=CCNc1nc(C(=O)OCC(=O)Nc2ccc(C(C)(C)C)cc2)cs1. The first-order valence-electron chi connectivity index (χ1n) is 8.17. The molecule has 0 aliphatic rings. The van der Waals surface area contributed by atoms with Crippen LogP contribution in [0.1, 0.15) is 36.8 Å². The Morgan fingerprint density at radius 1 is 1.27 bits per heavy atom. The zero-order chi connectivity index (χ0) is 19.2. The van der Waals surface area contributed by atoms with Crippen LogP contribution in [-0.2, 0) is 14.9 Å². The Hall–Kier alpha value is -2.67. The lowest BCUT2D eigenvalue weighted by Gasteiger charge is -2.19. The molecule has 0 aliphatic heterocycles. The van der Waals surface area contributed by atoms with E-state index in [2.05, 4.69) is 43.0 Å². The highest BCUT2D eigenvalue weighted by molar-refractivity contribution is 7.13. The lowest BCUT2D eigenvalue weighted by molar-refractivity contribution is -0.119. The van der Waals surface area contributed by atoms with E-state index < -0.39 is 11.9 Å². The molecular formula is C19H23N3O3S. The number of hydrogen-bond acceptors (Lipinski definition) is 6. The number of nitrogens with zero attached hydrogens (tertiary/aromatic N) is 1. The summed E-state index contributed by atoms with van der Waals surface area (Å²) >= 11 is 1.29. The summed E-state index contributed by atoms with van der Waals surface area (Å²) in [6.45, 7) is 10.1. The second kappa shape index (κ2) is 8.62. The summed E-state index contributed by atoms with van der Waals surface area (Å²) in [7, 11) is 0. The van der Waals surface area contributed by atoms with Crippen molar-refractivity contribution in [3.05, 3.63) is 53.6 Å². The van der Waals surface area contributed by atoms with Crippen molar-refractivity contribution in [1.29, 1.82) is 0 Å². The smallest absolute Gasteiger partial charge is 0.358 e. The van der Waals surface area contributed by atoms with Gasteiger partial charge in [-0.05, 0) is 23.1 Å². The van der Waals surface area contributed by atoms with Crippen molar-refractivity contribution in [2.24, 2.45) is 0 Å². The van der Waals surface area contributed by atoms with Crippen LogP contribution in [0.4, 0.5) is 10.8 Å². The number of amides is 1. The third kappa shape index (κ3) is 5.70. The average molecular weight is 373 g/mol. The van der Waals surface area contributed by atoms with Crippen molar-refractivity contribution in [2.75, 3.05) is 23.8 Å². The van der Waals surface area contributed by atoms with Gasteiger partial charge in [0.15, 0.2) is 17.4 Å². The number of ether oxygens (including phenoxy) is 1.